The number of nitrogens with zero attached hydrogens (tertiary/aromatic N) is 6. The predicted molar refractivity (Wildman–Crippen MR) is 285 cm³/mol. The van der Waals surface area contributed by atoms with Gasteiger partial charge < -0.3 is 61.9 Å². The molecule has 2 fully saturated rings. The van der Waals surface area contributed by atoms with Crippen LogP contribution in [-0.2, 0) is 46.4 Å². The van der Waals surface area contributed by atoms with Crippen LogP contribution in [0.3, 0.4) is 0 Å². The number of carbonyl (C=O) groups is 3. The van der Waals surface area contributed by atoms with Gasteiger partial charge in [0.05, 0.1) is 133 Å². The molecule has 5 heterocycles. The normalized spacial score (nSPS) is 17.7. The Kier molecular flexibility index (Phi) is 22.6. The van der Waals surface area contributed by atoms with Gasteiger partial charge in [-0.25, -0.2) is 0 Å². The number of aliphatic imine (C=N–C) groups is 2. The van der Waals surface area contributed by atoms with E-state index in [1.807, 2.05) is 48.2 Å². The molecule has 0 N–H and O–H groups in total. The van der Waals surface area contributed by atoms with Crippen molar-refractivity contribution in [3.63, 3.8) is 0 Å². The first-order chi connectivity index (χ1) is 37.1. The Bertz CT molecular complexity index is 2420. The average molecular weight is 1060 g/mol. The van der Waals surface area contributed by atoms with E-state index in [1.54, 1.807) is 38.3 Å². The van der Waals surface area contributed by atoms with Crippen LogP contribution in [0.2, 0.25) is 0 Å². The van der Waals surface area contributed by atoms with E-state index in [2.05, 4.69) is 17.1 Å². The summed E-state index contributed by atoms with van der Waals surface area (Å²) in [5.41, 5.74) is 5.32. The van der Waals surface area contributed by atoms with Crippen molar-refractivity contribution in [2.75, 3.05) is 133 Å². The van der Waals surface area contributed by atoms with Crippen molar-refractivity contribution < 1.29 is 66.5 Å². The lowest BCUT2D eigenvalue weighted by atomic mass is 10.1. The molecule has 2 aromatic carbocycles. The molecule has 1 aromatic heterocycles. The molecule has 0 spiro atoms. The molecular weight excluding hydrogens is 981 g/mol. The molecule has 7 rings (SSSR count). The maximum absolute atomic E-state index is 13.8. The van der Waals surface area contributed by atoms with E-state index in [0.29, 0.717) is 181 Å². The van der Waals surface area contributed by atoms with Gasteiger partial charge in [-0.15, -0.1) is 0 Å². The highest BCUT2D eigenvalue weighted by molar-refractivity contribution is 6.04. The molecule has 4 aliphatic heterocycles. The molecule has 0 aliphatic carbocycles. The predicted octanol–water partition coefficient (Wildman–Crippen LogP) is 6.40. The summed E-state index contributed by atoms with van der Waals surface area (Å²) in [5.74, 6) is 1.95. The zero-order valence-electron chi connectivity index (χ0n) is 44.9. The standard InChI is InChI=1S/C56H74N6O14/c1-7-40-25-44-33-57-49-31-53(51(67-5)29-47(49)55(64)61(44)35-40)75-37-42-27-46(28-43(59-42)38-76-54-32-50-48(30-52(54)68-6)56(65)62-36-41(8-2)26-45(62)34-58-50)74-16-12-60(10-14-70-20-23-72-18-17-66-4)11-15-71-21-24-73-22-19-69-13-9-39(3)63/h7-8,27-34,44-45H,9-26,35-38H2,1-6H3/b40-7+,41-8+/t44-,45?/m0/s1. The maximum atomic E-state index is 13.8. The van der Waals surface area contributed by atoms with Gasteiger partial charge in [0.15, 0.2) is 23.0 Å². The van der Waals surface area contributed by atoms with Crippen molar-refractivity contribution in [2.45, 2.75) is 65.3 Å². The van der Waals surface area contributed by atoms with Crippen molar-refractivity contribution in [3.05, 3.63) is 82.2 Å². The molecule has 0 bridgehead atoms. The highest BCUT2D eigenvalue weighted by Gasteiger charge is 2.36. The topological polar surface area (TPSA) is 200 Å². The first-order valence-corrected chi connectivity index (χ1v) is 26.0. The summed E-state index contributed by atoms with van der Waals surface area (Å²) in [6.45, 7) is 13.7. The number of pyridine rings is 1. The Morgan fingerprint density at radius 1 is 0.579 bits per heavy atom. The van der Waals surface area contributed by atoms with E-state index >= 15 is 0 Å². The second-order valence-corrected chi connectivity index (χ2v) is 18.5. The monoisotopic (exact) mass is 1050 g/mol. The second kappa shape index (κ2) is 29.9. The number of ketones is 1. The van der Waals surface area contributed by atoms with E-state index in [4.69, 9.17) is 67.1 Å². The number of Topliss-reactive ketones (excluding diaryl/α,β-unsaturated/α-hetero) is 1. The summed E-state index contributed by atoms with van der Waals surface area (Å²) in [5, 5.41) is 0. The molecular formula is C56H74N6O14. The third-order valence-electron chi connectivity index (χ3n) is 13.2. The van der Waals surface area contributed by atoms with Gasteiger partial charge in [-0.1, -0.05) is 23.3 Å². The van der Waals surface area contributed by atoms with Crippen molar-refractivity contribution in [2.24, 2.45) is 9.98 Å². The summed E-state index contributed by atoms with van der Waals surface area (Å²) in [6.07, 6.45) is 9.65. The number of rotatable bonds is 33. The Balaban J connectivity index is 1.04. The van der Waals surface area contributed by atoms with Crippen LogP contribution >= 0.6 is 0 Å². The maximum Gasteiger partial charge on any atom is 0.257 e. The lowest BCUT2D eigenvalue weighted by Crippen LogP contribution is -2.35. The summed E-state index contributed by atoms with van der Waals surface area (Å²) < 4.78 is 64.4. The quantitative estimate of drug-likeness (QED) is 0.0479. The molecule has 2 saturated heterocycles. The van der Waals surface area contributed by atoms with Crippen molar-refractivity contribution >= 4 is 41.4 Å². The van der Waals surface area contributed by atoms with Crippen LogP contribution in [0.4, 0.5) is 11.4 Å². The van der Waals surface area contributed by atoms with Crippen LogP contribution in [0.1, 0.15) is 72.1 Å². The molecule has 412 valence electrons. The number of benzene rings is 2. The Morgan fingerprint density at radius 2 is 1.03 bits per heavy atom. The summed E-state index contributed by atoms with van der Waals surface area (Å²) in [4.78, 5) is 59.0. The van der Waals surface area contributed by atoms with Crippen molar-refractivity contribution in [1.29, 1.82) is 0 Å². The van der Waals surface area contributed by atoms with Gasteiger partial charge in [0.2, 0.25) is 0 Å². The van der Waals surface area contributed by atoms with Gasteiger partial charge in [0.25, 0.3) is 11.8 Å². The van der Waals surface area contributed by atoms with Gasteiger partial charge in [-0.2, -0.15) is 0 Å². The van der Waals surface area contributed by atoms with Crippen LogP contribution in [-0.4, -0.2) is 195 Å². The van der Waals surface area contributed by atoms with Gasteiger partial charge in [0.1, 0.15) is 31.4 Å². The first-order valence-electron chi connectivity index (χ1n) is 26.0. The molecule has 0 radical (unpaired) electrons. The number of ether oxygens (including phenoxy) is 11. The zero-order valence-corrected chi connectivity index (χ0v) is 44.9. The van der Waals surface area contributed by atoms with Crippen molar-refractivity contribution in [1.82, 2.24) is 19.7 Å². The third-order valence-corrected chi connectivity index (χ3v) is 13.2. The molecule has 2 amide bonds. The van der Waals surface area contributed by atoms with Gasteiger partial charge in [-0.05, 0) is 45.7 Å². The molecule has 2 atom stereocenters. The van der Waals surface area contributed by atoms with E-state index in [1.165, 1.54) is 25.4 Å². The number of aromatic nitrogens is 1. The van der Waals surface area contributed by atoms with Crippen LogP contribution < -0.4 is 23.7 Å². The fourth-order valence-corrected chi connectivity index (χ4v) is 8.92. The molecule has 20 heteroatoms. The largest absolute Gasteiger partial charge is 0.493 e. The van der Waals surface area contributed by atoms with Gasteiger partial charge in [-0.3, -0.25) is 34.3 Å². The highest BCUT2D eigenvalue weighted by Crippen LogP contribution is 2.41. The van der Waals surface area contributed by atoms with E-state index < -0.39 is 0 Å². The molecule has 3 aromatic rings. The molecule has 1 unspecified atom stereocenters. The van der Waals surface area contributed by atoms with E-state index in [-0.39, 0.29) is 42.9 Å². The average Bonchev–Trinajstić information content (AvgIpc) is 4.00. The van der Waals surface area contributed by atoms with Gasteiger partial charge in [0, 0.05) is 82.9 Å². The Hall–Kier alpha value is -6.26. The summed E-state index contributed by atoms with van der Waals surface area (Å²) in [6, 6.07) is 10.2. The van der Waals surface area contributed by atoms with Crippen molar-refractivity contribution in [3.8, 4) is 28.7 Å². The summed E-state index contributed by atoms with van der Waals surface area (Å²) in [7, 11) is 4.71. The minimum atomic E-state index is -0.127. The molecule has 76 heavy (non-hydrogen) atoms. The third kappa shape index (κ3) is 16.4. The Labute approximate surface area is 445 Å². The minimum absolute atomic E-state index is 0.00853. The lowest BCUT2D eigenvalue weighted by Gasteiger charge is -2.22. The van der Waals surface area contributed by atoms with E-state index in [9.17, 15) is 14.4 Å². The highest BCUT2D eigenvalue weighted by atomic mass is 16.6. The SMILES string of the molecule is C/C=C1\CC2C=Nc3cc(OCc4cc(OCCN(CCOCCOCCOC)CCOCCOCCOCCC(C)=O)cc(COc5cc6c(cc5OC)C(=O)N5C/C(=C/C)C[C@H]5C=N6)n4)c(OC)cc3C(=O)N2C1. The minimum Gasteiger partial charge on any atom is -0.493 e. The van der Waals surface area contributed by atoms with Crippen LogP contribution in [0.25, 0.3) is 0 Å². The van der Waals surface area contributed by atoms with Gasteiger partial charge >= 0.3 is 0 Å². The molecule has 4 aliphatic rings. The molecule has 0 saturated carbocycles. The lowest BCUT2D eigenvalue weighted by molar-refractivity contribution is -0.118. The molecule has 20 nitrogen and oxygen atoms in total. The number of methoxy groups -OCH3 is 3. The number of hydrogen-bond acceptors (Lipinski definition) is 18. The second-order valence-electron chi connectivity index (χ2n) is 18.5. The zero-order chi connectivity index (χ0) is 53.7. The number of fused-ring (bicyclic) bond motifs is 4. The fourth-order valence-electron chi connectivity index (χ4n) is 8.92. The van der Waals surface area contributed by atoms with Crippen LogP contribution in [0.15, 0.2) is 69.7 Å². The van der Waals surface area contributed by atoms with E-state index in [0.717, 1.165) is 12.8 Å². The van der Waals surface area contributed by atoms with Crippen LogP contribution in [0.5, 0.6) is 28.7 Å². The number of hydrogen-bond donors (Lipinski definition) is 0. The summed E-state index contributed by atoms with van der Waals surface area (Å²) >= 11 is 0. The fraction of sp³-hybridized carbons (Fsp3) is 0.536. The van der Waals surface area contributed by atoms with Crippen LogP contribution in [0, 0.1) is 0 Å². The smallest absolute Gasteiger partial charge is 0.257 e. The number of allylic oxidation sites excluding steroid dienone is 2. The Morgan fingerprint density at radius 3 is 1.47 bits per heavy atom. The number of carbonyl (C=O) groups excluding carboxylic acids is 3. The number of amides is 2. The first kappa shape index (κ1) is 57.4.